The summed E-state index contributed by atoms with van der Waals surface area (Å²) in [6.07, 6.45) is 0.530. The largest absolute Gasteiger partial charge is 0.330 e. The molecule has 68 valence electrons. The molecular weight excluding hydrogens is 171 g/mol. The number of hydrogen-bond donors (Lipinski definition) is 1. The first-order valence-electron chi connectivity index (χ1n) is 4.01. The molecule has 0 aromatic carbocycles. The summed E-state index contributed by atoms with van der Waals surface area (Å²) in [6, 6.07) is 4.68. The highest BCUT2D eigenvalue weighted by molar-refractivity contribution is 5.37. The van der Waals surface area contributed by atoms with Gasteiger partial charge >= 0.3 is 0 Å². The predicted octanol–water partition coefficient (Wildman–Crippen LogP) is 0.370. The first-order chi connectivity index (χ1) is 6.33. The summed E-state index contributed by atoms with van der Waals surface area (Å²) < 4.78 is 14.6. The van der Waals surface area contributed by atoms with Crippen molar-refractivity contribution >= 4 is 5.65 Å². The third kappa shape index (κ3) is 1.27. The van der Waals surface area contributed by atoms with E-state index < -0.39 is 0 Å². The minimum atomic E-state index is -0.356. The summed E-state index contributed by atoms with van der Waals surface area (Å²) in [4.78, 5) is 0. The van der Waals surface area contributed by atoms with Crippen LogP contribution in [0.4, 0.5) is 4.39 Å². The second kappa shape index (κ2) is 3.10. The van der Waals surface area contributed by atoms with Crippen LogP contribution in [0.1, 0.15) is 5.82 Å². The van der Waals surface area contributed by atoms with Crippen molar-refractivity contribution in [3.05, 3.63) is 30.0 Å². The fourth-order valence-corrected chi connectivity index (χ4v) is 1.25. The molecule has 5 heteroatoms. The highest BCUT2D eigenvalue weighted by atomic mass is 19.1. The number of nitrogens with two attached hydrogens (primary N) is 1. The van der Waals surface area contributed by atoms with Crippen LogP contribution in [0.15, 0.2) is 18.2 Å². The van der Waals surface area contributed by atoms with Crippen molar-refractivity contribution < 1.29 is 4.39 Å². The van der Waals surface area contributed by atoms with Crippen LogP contribution in [0, 0.1) is 5.95 Å². The maximum Gasteiger partial charge on any atom is 0.200 e. The van der Waals surface area contributed by atoms with Gasteiger partial charge < -0.3 is 5.73 Å². The molecule has 0 spiro atoms. The number of rotatable bonds is 2. The van der Waals surface area contributed by atoms with Gasteiger partial charge in [-0.15, -0.1) is 10.2 Å². The maximum absolute atomic E-state index is 13.2. The first kappa shape index (κ1) is 8.12. The average molecular weight is 180 g/mol. The Hall–Kier alpha value is -1.49. The minimum Gasteiger partial charge on any atom is -0.330 e. The van der Waals surface area contributed by atoms with Gasteiger partial charge in [-0.3, -0.25) is 4.40 Å². The Morgan fingerprint density at radius 3 is 3.00 bits per heavy atom. The molecule has 2 heterocycles. The Morgan fingerprint density at radius 2 is 2.23 bits per heavy atom. The smallest absolute Gasteiger partial charge is 0.200 e. The minimum absolute atomic E-state index is 0.356. The zero-order valence-electron chi connectivity index (χ0n) is 6.94. The van der Waals surface area contributed by atoms with Crippen molar-refractivity contribution in [3.63, 3.8) is 0 Å². The van der Waals surface area contributed by atoms with Gasteiger partial charge in [-0.25, -0.2) is 0 Å². The summed E-state index contributed by atoms with van der Waals surface area (Å²) in [6.45, 7) is 0.440. The molecule has 13 heavy (non-hydrogen) atoms. The van der Waals surface area contributed by atoms with Gasteiger partial charge in [0.1, 0.15) is 5.82 Å². The average Bonchev–Trinajstić information content (AvgIpc) is 2.51. The lowest BCUT2D eigenvalue weighted by molar-refractivity contribution is 0.557. The van der Waals surface area contributed by atoms with Crippen molar-refractivity contribution in [3.8, 4) is 0 Å². The fraction of sp³-hybridized carbons (Fsp3) is 0.250. The van der Waals surface area contributed by atoms with Crippen molar-refractivity contribution in [1.29, 1.82) is 0 Å². The van der Waals surface area contributed by atoms with Crippen molar-refractivity contribution in [1.82, 2.24) is 14.6 Å². The molecule has 2 N–H and O–H groups in total. The van der Waals surface area contributed by atoms with Crippen LogP contribution in [0.3, 0.4) is 0 Å². The molecule has 0 fully saturated rings. The standard InChI is InChI=1S/C8H9FN4/c9-6-2-1-3-7-11-12-8(4-5-10)13(6)7/h1-3H,4-5,10H2. The summed E-state index contributed by atoms with van der Waals surface area (Å²) in [5, 5.41) is 7.65. The molecule has 0 bridgehead atoms. The van der Waals surface area contributed by atoms with Gasteiger partial charge in [0, 0.05) is 6.42 Å². The highest BCUT2D eigenvalue weighted by Crippen LogP contribution is 2.06. The predicted molar refractivity (Wildman–Crippen MR) is 45.7 cm³/mol. The van der Waals surface area contributed by atoms with Crippen molar-refractivity contribution in [2.45, 2.75) is 6.42 Å². The van der Waals surface area contributed by atoms with Crippen LogP contribution in [0.25, 0.3) is 5.65 Å². The maximum atomic E-state index is 13.2. The Balaban J connectivity index is 2.64. The molecule has 4 nitrogen and oxygen atoms in total. The van der Waals surface area contributed by atoms with E-state index in [2.05, 4.69) is 10.2 Å². The number of hydrogen-bond acceptors (Lipinski definition) is 3. The molecule has 2 aromatic rings. The topological polar surface area (TPSA) is 56.2 Å². The number of nitrogens with zero attached hydrogens (tertiary/aromatic N) is 3. The number of halogens is 1. The fourth-order valence-electron chi connectivity index (χ4n) is 1.25. The van der Waals surface area contributed by atoms with Crippen LogP contribution in [0.2, 0.25) is 0 Å². The SMILES string of the molecule is NCCc1nnc2cccc(F)n12. The molecule has 0 aliphatic rings. The number of aromatic nitrogens is 3. The summed E-state index contributed by atoms with van der Waals surface area (Å²) in [5.74, 6) is 0.210. The quantitative estimate of drug-likeness (QED) is 0.679. The van der Waals surface area contributed by atoms with Gasteiger partial charge in [0.05, 0.1) is 0 Å². The first-order valence-corrected chi connectivity index (χ1v) is 4.01. The summed E-state index contributed by atoms with van der Waals surface area (Å²) in [5.41, 5.74) is 5.87. The zero-order chi connectivity index (χ0) is 9.26. The van der Waals surface area contributed by atoms with E-state index in [1.807, 2.05) is 0 Å². The Morgan fingerprint density at radius 1 is 1.38 bits per heavy atom. The monoisotopic (exact) mass is 180 g/mol. The molecular formula is C8H9FN4. The van der Waals surface area contributed by atoms with Gasteiger partial charge in [0.25, 0.3) is 0 Å². The molecule has 0 amide bonds. The van der Waals surface area contributed by atoms with Crippen LogP contribution in [0.5, 0.6) is 0 Å². The third-order valence-electron chi connectivity index (χ3n) is 1.82. The van der Waals surface area contributed by atoms with E-state index in [1.54, 1.807) is 12.1 Å². The van der Waals surface area contributed by atoms with E-state index in [0.717, 1.165) is 0 Å². The Labute approximate surface area is 74.2 Å². The van der Waals surface area contributed by atoms with E-state index in [-0.39, 0.29) is 5.95 Å². The second-order valence-corrected chi connectivity index (χ2v) is 2.70. The lowest BCUT2D eigenvalue weighted by Crippen LogP contribution is -2.07. The normalized spacial score (nSPS) is 10.9. The van der Waals surface area contributed by atoms with Gasteiger partial charge in [0.2, 0.25) is 5.95 Å². The molecule has 2 aromatic heterocycles. The molecule has 0 aliphatic heterocycles. The lowest BCUT2D eigenvalue weighted by Gasteiger charge is -1.98. The van der Waals surface area contributed by atoms with E-state index >= 15 is 0 Å². The van der Waals surface area contributed by atoms with Crippen molar-refractivity contribution in [2.24, 2.45) is 5.73 Å². The number of pyridine rings is 1. The third-order valence-corrected chi connectivity index (χ3v) is 1.82. The molecule has 0 saturated carbocycles. The molecule has 0 saturated heterocycles. The van der Waals surface area contributed by atoms with Crippen molar-refractivity contribution in [2.75, 3.05) is 6.54 Å². The highest BCUT2D eigenvalue weighted by Gasteiger charge is 2.07. The van der Waals surface area contributed by atoms with Crippen LogP contribution in [-0.4, -0.2) is 21.1 Å². The number of fused-ring (bicyclic) bond motifs is 1. The van der Waals surface area contributed by atoms with E-state index in [1.165, 1.54) is 10.5 Å². The molecule has 0 radical (unpaired) electrons. The molecule has 2 rings (SSSR count). The lowest BCUT2D eigenvalue weighted by atomic mass is 10.4. The summed E-state index contributed by atoms with van der Waals surface area (Å²) >= 11 is 0. The zero-order valence-corrected chi connectivity index (χ0v) is 6.94. The van der Waals surface area contributed by atoms with Crippen LogP contribution < -0.4 is 5.73 Å². The van der Waals surface area contributed by atoms with Crippen LogP contribution >= 0.6 is 0 Å². The van der Waals surface area contributed by atoms with E-state index in [9.17, 15) is 4.39 Å². The molecule has 0 unspecified atom stereocenters. The van der Waals surface area contributed by atoms with E-state index in [0.29, 0.717) is 24.4 Å². The molecule has 0 atom stereocenters. The van der Waals surface area contributed by atoms with E-state index in [4.69, 9.17) is 5.73 Å². The summed E-state index contributed by atoms with van der Waals surface area (Å²) in [7, 11) is 0. The van der Waals surface area contributed by atoms with Crippen LogP contribution in [-0.2, 0) is 6.42 Å². The van der Waals surface area contributed by atoms with Gasteiger partial charge in [-0.05, 0) is 18.7 Å². The Kier molecular flexibility index (Phi) is 1.94. The molecule has 0 aliphatic carbocycles. The van der Waals surface area contributed by atoms with Gasteiger partial charge in [-0.2, -0.15) is 4.39 Å². The van der Waals surface area contributed by atoms with Gasteiger partial charge in [-0.1, -0.05) is 6.07 Å². The second-order valence-electron chi connectivity index (χ2n) is 2.70. The Bertz CT molecular complexity index is 423. The van der Waals surface area contributed by atoms with Gasteiger partial charge in [0.15, 0.2) is 5.65 Å².